The number of thiophene rings is 1. The molecule has 3 nitrogen and oxygen atoms in total. The summed E-state index contributed by atoms with van der Waals surface area (Å²) in [6.07, 6.45) is 0. The second-order valence-electron chi connectivity index (χ2n) is 10.1. The van der Waals surface area contributed by atoms with Crippen LogP contribution in [0, 0.1) is 0 Å². The van der Waals surface area contributed by atoms with Crippen LogP contribution in [0.15, 0.2) is 140 Å². The van der Waals surface area contributed by atoms with Gasteiger partial charge < -0.3 is 0 Å². The summed E-state index contributed by atoms with van der Waals surface area (Å²) in [7, 11) is 0. The van der Waals surface area contributed by atoms with Crippen LogP contribution in [0.2, 0.25) is 0 Å². The molecule has 0 saturated carbocycles. The molecule has 0 bridgehead atoms. The molecule has 8 rings (SSSR count). The first-order valence-electron chi connectivity index (χ1n) is 13.6. The predicted octanol–water partition coefficient (Wildman–Crippen LogP) is 10.1. The molecule has 2 heterocycles. The molecule has 0 N–H and O–H groups in total. The largest absolute Gasteiger partial charge is 0.208 e. The van der Waals surface area contributed by atoms with Crippen LogP contribution >= 0.6 is 11.3 Å². The standard InChI is InChI=1S/C37H23N3S/c1-3-12-25(13-4-1)31-22-27(23-33-34(31)30-19-9-10-21-32(30)41-33)36-38-35(26-15-5-2-6-16-26)39-37(40-36)29-20-11-17-24-14-7-8-18-28(24)29/h1-23H. The van der Waals surface area contributed by atoms with Gasteiger partial charge in [0, 0.05) is 36.9 Å². The number of benzene rings is 6. The fourth-order valence-corrected chi connectivity index (χ4v) is 6.76. The van der Waals surface area contributed by atoms with Gasteiger partial charge in [-0.25, -0.2) is 15.0 Å². The van der Waals surface area contributed by atoms with Crippen molar-refractivity contribution >= 4 is 42.3 Å². The van der Waals surface area contributed by atoms with Crippen molar-refractivity contribution in [2.75, 3.05) is 0 Å². The van der Waals surface area contributed by atoms with Gasteiger partial charge in [-0.3, -0.25) is 0 Å². The Kier molecular flexibility index (Phi) is 5.64. The Morgan fingerprint density at radius 2 is 1.00 bits per heavy atom. The maximum atomic E-state index is 5.13. The van der Waals surface area contributed by atoms with Gasteiger partial charge in [-0.05, 0) is 40.1 Å². The lowest BCUT2D eigenvalue weighted by molar-refractivity contribution is 1.08. The quantitative estimate of drug-likeness (QED) is 0.222. The van der Waals surface area contributed by atoms with Crippen LogP contribution in [0.3, 0.4) is 0 Å². The first kappa shape index (κ1) is 23.7. The van der Waals surface area contributed by atoms with Crippen molar-refractivity contribution in [1.29, 1.82) is 0 Å². The minimum atomic E-state index is 0.663. The topological polar surface area (TPSA) is 38.7 Å². The van der Waals surface area contributed by atoms with Crippen molar-refractivity contribution in [2.45, 2.75) is 0 Å². The normalized spacial score (nSPS) is 11.4. The number of nitrogens with zero attached hydrogens (tertiary/aromatic N) is 3. The van der Waals surface area contributed by atoms with E-state index in [0.29, 0.717) is 17.5 Å². The highest BCUT2D eigenvalue weighted by Gasteiger charge is 2.18. The Balaban J connectivity index is 1.42. The van der Waals surface area contributed by atoms with E-state index in [2.05, 4.69) is 121 Å². The SMILES string of the molecule is c1ccc(-c2nc(-c3cc(-c4ccccc4)c4c(c3)sc3ccccc34)nc(-c3cccc4ccccc34)n2)cc1. The number of rotatable bonds is 4. The first-order valence-corrected chi connectivity index (χ1v) is 14.4. The molecule has 6 aromatic carbocycles. The highest BCUT2D eigenvalue weighted by atomic mass is 32.1. The lowest BCUT2D eigenvalue weighted by atomic mass is 9.97. The van der Waals surface area contributed by atoms with Gasteiger partial charge in [-0.15, -0.1) is 11.3 Å². The molecule has 0 aliphatic rings. The molecule has 0 atom stereocenters. The lowest BCUT2D eigenvalue weighted by Crippen LogP contribution is -2.00. The summed E-state index contributed by atoms with van der Waals surface area (Å²) in [4.78, 5) is 15.2. The van der Waals surface area contributed by atoms with Crippen LogP contribution in [-0.2, 0) is 0 Å². The van der Waals surface area contributed by atoms with Gasteiger partial charge in [0.25, 0.3) is 0 Å². The summed E-state index contributed by atoms with van der Waals surface area (Å²) in [5, 5.41) is 4.82. The zero-order chi connectivity index (χ0) is 27.2. The molecular weight excluding hydrogens is 518 g/mol. The van der Waals surface area contributed by atoms with Crippen LogP contribution in [0.4, 0.5) is 0 Å². The summed E-state index contributed by atoms with van der Waals surface area (Å²) in [6, 6.07) is 48.6. The van der Waals surface area contributed by atoms with E-state index in [1.54, 1.807) is 0 Å². The maximum Gasteiger partial charge on any atom is 0.164 e. The Labute approximate surface area is 241 Å². The van der Waals surface area contributed by atoms with E-state index in [0.717, 1.165) is 27.5 Å². The van der Waals surface area contributed by atoms with E-state index < -0.39 is 0 Å². The Bertz CT molecular complexity index is 2200. The summed E-state index contributed by atoms with van der Waals surface area (Å²) in [5.41, 5.74) is 5.29. The van der Waals surface area contributed by atoms with Gasteiger partial charge in [0.15, 0.2) is 17.5 Å². The molecular formula is C37H23N3S. The zero-order valence-corrected chi connectivity index (χ0v) is 22.8. The molecule has 0 amide bonds. The van der Waals surface area contributed by atoms with E-state index in [1.807, 2.05) is 29.5 Å². The number of aromatic nitrogens is 3. The molecule has 0 radical (unpaired) electrons. The number of fused-ring (bicyclic) bond motifs is 4. The summed E-state index contributed by atoms with van der Waals surface area (Å²) in [5.74, 6) is 2.00. The maximum absolute atomic E-state index is 5.13. The first-order chi connectivity index (χ1) is 20.3. The Hall–Kier alpha value is -5.19. The second-order valence-corrected chi connectivity index (χ2v) is 11.1. The summed E-state index contributed by atoms with van der Waals surface area (Å²) < 4.78 is 2.49. The molecule has 4 heteroatoms. The van der Waals surface area contributed by atoms with Gasteiger partial charge in [-0.2, -0.15) is 0 Å². The number of hydrogen-bond donors (Lipinski definition) is 0. The molecule has 0 saturated heterocycles. The average Bonchev–Trinajstić information content (AvgIpc) is 3.43. The average molecular weight is 542 g/mol. The minimum absolute atomic E-state index is 0.663. The second kappa shape index (κ2) is 9.77. The highest BCUT2D eigenvalue weighted by molar-refractivity contribution is 7.26. The van der Waals surface area contributed by atoms with E-state index in [9.17, 15) is 0 Å². The third-order valence-corrected chi connectivity index (χ3v) is 8.64. The highest BCUT2D eigenvalue weighted by Crippen LogP contribution is 2.42. The van der Waals surface area contributed by atoms with Gasteiger partial charge in [0.1, 0.15) is 0 Å². The predicted molar refractivity (Wildman–Crippen MR) is 172 cm³/mol. The zero-order valence-electron chi connectivity index (χ0n) is 22.0. The van der Waals surface area contributed by atoms with Gasteiger partial charge in [0.05, 0.1) is 0 Å². The molecule has 8 aromatic rings. The van der Waals surface area contributed by atoms with Crippen molar-refractivity contribution < 1.29 is 0 Å². The van der Waals surface area contributed by atoms with E-state index >= 15 is 0 Å². The fraction of sp³-hybridized carbons (Fsp3) is 0. The van der Waals surface area contributed by atoms with Crippen LogP contribution in [0.1, 0.15) is 0 Å². The van der Waals surface area contributed by atoms with Crippen molar-refractivity contribution in [3.63, 3.8) is 0 Å². The van der Waals surface area contributed by atoms with Crippen molar-refractivity contribution in [2.24, 2.45) is 0 Å². The van der Waals surface area contributed by atoms with E-state index in [4.69, 9.17) is 15.0 Å². The van der Waals surface area contributed by atoms with Crippen molar-refractivity contribution in [1.82, 2.24) is 15.0 Å². The van der Waals surface area contributed by atoms with Crippen LogP contribution in [0.5, 0.6) is 0 Å². The third kappa shape index (κ3) is 4.17. The Morgan fingerprint density at radius 1 is 0.390 bits per heavy atom. The van der Waals surface area contributed by atoms with Crippen molar-refractivity contribution in [3.8, 4) is 45.3 Å². The molecule has 0 fully saturated rings. The van der Waals surface area contributed by atoms with Gasteiger partial charge >= 0.3 is 0 Å². The third-order valence-electron chi connectivity index (χ3n) is 7.52. The van der Waals surface area contributed by atoms with Crippen LogP contribution in [0.25, 0.3) is 76.2 Å². The molecule has 192 valence electrons. The van der Waals surface area contributed by atoms with E-state index in [-0.39, 0.29) is 0 Å². The van der Waals surface area contributed by atoms with Crippen LogP contribution < -0.4 is 0 Å². The molecule has 0 aliphatic heterocycles. The minimum Gasteiger partial charge on any atom is -0.208 e. The summed E-state index contributed by atoms with van der Waals surface area (Å²) >= 11 is 1.81. The smallest absolute Gasteiger partial charge is 0.164 e. The molecule has 0 aliphatic carbocycles. The number of hydrogen-bond acceptors (Lipinski definition) is 4. The molecule has 41 heavy (non-hydrogen) atoms. The lowest BCUT2D eigenvalue weighted by Gasteiger charge is -2.12. The fourth-order valence-electron chi connectivity index (χ4n) is 5.59. The molecule has 2 aromatic heterocycles. The molecule has 0 unspecified atom stereocenters. The monoisotopic (exact) mass is 541 g/mol. The van der Waals surface area contributed by atoms with Gasteiger partial charge in [-0.1, -0.05) is 121 Å². The van der Waals surface area contributed by atoms with Gasteiger partial charge in [0.2, 0.25) is 0 Å². The Morgan fingerprint density at radius 3 is 1.80 bits per heavy atom. The molecule has 0 spiro atoms. The van der Waals surface area contributed by atoms with Crippen LogP contribution in [-0.4, -0.2) is 15.0 Å². The summed E-state index contributed by atoms with van der Waals surface area (Å²) in [6.45, 7) is 0. The van der Waals surface area contributed by atoms with E-state index in [1.165, 1.54) is 31.3 Å². The van der Waals surface area contributed by atoms with Crippen molar-refractivity contribution in [3.05, 3.63) is 140 Å².